The maximum absolute atomic E-state index is 4.77. The zero-order valence-corrected chi connectivity index (χ0v) is 11.6. The van der Waals surface area contributed by atoms with Crippen LogP contribution in [0.4, 0.5) is 0 Å². The summed E-state index contributed by atoms with van der Waals surface area (Å²) in [6.07, 6.45) is 5.43. The quantitative estimate of drug-likeness (QED) is 0.601. The Kier molecular flexibility index (Phi) is 3.95. The van der Waals surface area contributed by atoms with E-state index < -0.39 is 0 Å². The van der Waals surface area contributed by atoms with E-state index in [0.717, 1.165) is 38.1 Å². The van der Waals surface area contributed by atoms with Crippen LogP contribution < -0.4 is 5.32 Å². The Morgan fingerprint density at radius 1 is 1.41 bits per heavy atom. The lowest BCUT2D eigenvalue weighted by atomic mass is 9.93. The van der Waals surface area contributed by atoms with Crippen LogP contribution in [0.5, 0.6) is 0 Å². The molecule has 1 N–H and O–H groups in total. The standard InChI is InChI=1S/C14H27N3/c1-4-15-13(16-9-7-12-5-6-12)17-10-8-14(2,3)11-17/h12H,4-11H2,1-3H3,(H,15,16). The summed E-state index contributed by atoms with van der Waals surface area (Å²) >= 11 is 0. The molecule has 0 radical (unpaired) electrons. The van der Waals surface area contributed by atoms with E-state index in [4.69, 9.17) is 4.99 Å². The third-order valence-corrected chi connectivity index (χ3v) is 3.81. The van der Waals surface area contributed by atoms with Gasteiger partial charge in [-0.1, -0.05) is 26.7 Å². The van der Waals surface area contributed by atoms with Gasteiger partial charge in [0, 0.05) is 26.2 Å². The van der Waals surface area contributed by atoms with Gasteiger partial charge in [0.1, 0.15) is 0 Å². The van der Waals surface area contributed by atoms with Crippen molar-refractivity contribution in [1.82, 2.24) is 10.2 Å². The lowest BCUT2D eigenvalue weighted by molar-refractivity contribution is 0.370. The van der Waals surface area contributed by atoms with Crippen molar-refractivity contribution in [2.75, 3.05) is 26.2 Å². The van der Waals surface area contributed by atoms with E-state index in [0.29, 0.717) is 5.41 Å². The molecule has 0 aromatic carbocycles. The Balaban J connectivity index is 1.86. The van der Waals surface area contributed by atoms with Crippen LogP contribution in [0.2, 0.25) is 0 Å². The molecule has 0 atom stereocenters. The van der Waals surface area contributed by atoms with Gasteiger partial charge in [-0.05, 0) is 31.1 Å². The van der Waals surface area contributed by atoms with E-state index >= 15 is 0 Å². The summed E-state index contributed by atoms with van der Waals surface area (Å²) in [4.78, 5) is 7.20. The lowest BCUT2D eigenvalue weighted by Gasteiger charge is -2.23. The van der Waals surface area contributed by atoms with Crippen LogP contribution in [0.1, 0.15) is 46.5 Å². The third-order valence-electron chi connectivity index (χ3n) is 3.81. The summed E-state index contributed by atoms with van der Waals surface area (Å²) in [5, 5.41) is 3.43. The second-order valence-electron chi connectivity index (χ2n) is 6.30. The van der Waals surface area contributed by atoms with Gasteiger partial charge in [0.05, 0.1) is 0 Å². The molecule has 0 bridgehead atoms. The molecule has 1 aliphatic carbocycles. The number of likely N-dealkylation sites (tertiary alicyclic amines) is 1. The average Bonchev–Trinajstić information content (AvgIpc) is 3.01. The highest BCUT2D eigenvalue weighted by Crippen LogP contribution is 2.32. The Morgan fingerprint density at radius 2 is 2.18 bits per heavy atom. The van der Waals surface area contributed by atoms with E-state index in [1.165, 1.54) is 25.7 Å². The van der Waals surface area contributed by atoms with E-state index in [-0.39, 0.29) is 0 Å². The third kappa shape index (κ3) is 3.90. The molecular formula is C14H27N3. The Morgan fingerprint density at radius 3 is 2.71 bits per heavy atom. The summed E-state index contributed by atoms with van der Waals surface area (Å²) in [7, 11) is 0. The van der Waals surface area contributed by atoms with Crippen molar-refractivity contribution in [2.45, 2.75) is 46.5 Å². The van der Waals surface area contributed by atoms with Gasteiger partial charge in [0.25, 0.3) is 0 Å². The molecular weight excluding hydrogens is 210 g/mol. The molecule has 1 saturated heterocycles. The predicted octanol–water partition coefficient (Wildman–Crippen LogP) is 2.48. The molecule has 1 aliphatic heterocycles. The zero-order chi connectivity index (χ0) is 12.3. The normalized spacial score (nSPS) is 24.2. The summed E-state index contributed by atoms with van der Waals surface area (Å²) < 4.78 is 0. The first-order chi connectivity index (χ1) is 8.11. The largest absolute Gasteiger partial charge is 0.357 e. The van der Waals surface area contributed by atoms with Gasteiger partial charge in [0.2, 0.25) is 0 Å². The van der Waals surface area contributed by atoms with Gasteiger partial charge >= 0.3 is 0 Å². The van der Waals surface area contributed by atoms with Crippen LogP contribution in [0.3, 0.4) is 0 Å². The monoisotopic (exact) mass is 237 g/mol. The van der Waals surface area contributed by atoms with Gasteiger partial charge in [0.15, 0.2) is 5.96 Å². The molecule has 0 spiro atoms. The molecule has 3 nitrogen and oxygen atoms in total. The maximum Gasteiger partial charge on any atom is 0.193 e. The van der Waals surface area contributed by atoms with Crippen LogP contribution in [-0.4, -0.2) is 37.0 Å². The highest BCUT2D eigenvalue weighted by molar-refractivity contribution is 5.80. The molecule has 17 heavy (non-hydrogen) atoms. The van der Waals surface area contributed by atoms with Crippen LogP contribution in [0.25, 0.3) is 0 Å². The minimum atomic E-state index is 0.451. The van der Waals surface area contributed by atoms with Crippen LogP contribution in [0, 0.1) is 11.3 Å². The number of guanidine groups is 1. The van der Waals surface area contributed by atoms with E-state index in [1.807, 2.05) is 0 Å². The number of nitrogens with zero attached hydrogens (tertiary/aromatic N) is 2. The van der Waals surface area contributed by atoms with Gasteiger partial charge in [-0.2, -0.15) is 0 Å². The molecule has 2 aliphatic rings. The van der Waals surface area contributed by atoms with Crippen LogP contribution in [0.15, 0.2) is 4.99 Å². The second-order valence-corrected chi connectivity index (χ2v) is 6.30. The fraction of sp³-hybridized carbons (Fsp3) is 0.929. The molecule has 0 amide bonds. The highest BCUT2D eigenvalue weighted by atomic mass is 15.3. The van der Waals surface area contributed by atoms with Crippen molar-refractivity contribution in [1.29, 1.82) is 0 Å². The summed E-state index contributed by atoms with van der Waals surface area (Å²) in [5.41, 5.74) is 0.451. The summed E-state index contributed by atoms with van der Waals surface area (Å²) in [6, 6.07) is 0. The first kappa shape index (κ1) is 12.7. The first-order valence-electron chi connectivity index (χ1n) is 7.14. The van der Waals surface area contributed by atoms with Crippen molar-refractivity contribution in [3.8, 4) is 0 Å². The van der Waals surface area contributed by atoms with Crippen LogP contribution in [-0.2, 0) is 0 Å². The summed E-state index contributed by atoms with van der Waals surface area (Å²) in [6.45, 7) is 11.1. The van der Waals surface area contributed by atoms with Crippen molar-refractivity contribution in [3.63, 3.8) is 0 Å². The molecule has 2 rings (SSSR count). The van der Waals surface area contributed by atoms with Gasteiger partial charge in [-0.15, -0.1) is 0 Å². The van der Waals surface area contributed by atoms with Crippen molar-refractivity contribution < 1.29 is 0 Å². The highest BCUT2D eigenvalue weighted by Gasteiger charge is 2.30. The molecule has 2 fully saturated rings. The molecule has 0 aromatic rings. The zero-order valence-electron chi connectivity index (χ0n) is 11.6. The van der Waals surface area contributed by atoms with E-state index in [9.17, 15) is 0 Å². The summed E-state index contributed by atoms with van der Waals surface area (Å²) in [5.74, 6) is 2.12. The Bertz CT molecular complexity index is 279. The smallest absolute Gasteiger partial charge is 0.193 e. The molecule has 1 heterocycles. The molecule has 0 aromatic heterocycles. The van der Waals surface area contributed by atoms with Crippen molar-refractivity contribution in [2.24, 2.45) is 16.3 Å². The molecule has 0 unspecified atom stereocenters. The van der Waals surface area contributed by atoms with Gasteiger partial charge in [-0.3, -0.25) is 4.99 Å². The topological polar surface area (TPSA) is 27.6 Å². The Hall–Kier alpha value is -0.730. The Labute approximate surface area is 106 Å². The number of nitrogens with one attached hydrogen (secondary N) is 1. The van der Waals surface area contributed by atoms with E-state index in [1.54, 1.807) is 0 Å². The fourth-order valence-corrected chi connectivity index (χ4v) is 2.48. The number of hydrogen-bond acceptors (Lipinski definition) is 1. The van der Waals surface area contributed by atoms with E-state index in [2.05, 4.69) is 31.0 Å². The number of hydrogen-bond donors (Lipinski definition) is 1. The molecule has 1 saturated carbocycles. The minimum absolute atomic E-state index is 0.451. The fourth-order valence-electron chi connectivity index (χ4n) is 2.48. The first-order valence-corrected chi connectivity index (χ1v) is 7.14. The van der Waals surface area contributed by atoms with Gasteiger partial charge in [-0.25, -0.2) is 0 Å². The predicted molar refractivity (Wildman–Crippen MR) is 73.3 cm³/mol. The minimum Gasteiger partial charge on any atom is -0.357 e. The molecule has 98 valence electrons. The lowest BCUT2D eigenvalue weighted by Crippen LogP contribution is -2.40. The van der Waals surface area contributed by atoms with Gasteiger partial charge < -0.3 is 10.2 Å². The van der Waals surface area contributed by atoms with Crippen LogP contribution >= 0.6 is 0 Å². The second kappa shape index (κ2) is 5.28. The number of aliphatic imine (C=N–C) groups is 1. The maximum atomic E-state index is 4.77. The van der Waals surface area contributed by atoms with Crippen molar-refractivity contribution in [3.05, 3.63) is 0 Å². The van der Waals surface area contributed by atoms with Crippen molar-refractivity contribution >= 4 is 5.96 Å². The molecule has 3 heteroatoms. The number of rotatable bonds is 4. The SMILES string of the molecule is CCNC(=NCCC1CC1)N1CCC(C)(C)C1. The average molecular weight is 237 g/mol.